The first kappa shape index (κ1) is 22.0. The first-order valence-electron chi connectivity index (χ1n) is 10.3. The number of nitrogens with zero attached hydrogens (tertiary/aromatic N) is 1. The van der Waals surface area contributed by atoms with Gasteiger partial charge in [0.25, 0.3) is 5.91 Å². The third kappa shape index (κ3) is 4.70. The number of thioether (sulfide) groups is 1. The van der Waals surface area contributed by atoms with Gasteiger partial charge < -0.3 is 20.5 Å². The molecule has 2 aromatic rings. The SMILES string of the molecule is COc1ccccc1C(=O)NC(C)CC[C@H]1CC2(CSC(N)=N2)c2cc(Br)ccc2O1. The molecule has 2 aliphatic heterocycles. The van der Waals surface area contributed by atoms with Crippen LogP contribution in [0.4, 0.5) is 0 Å². The average molecular weight is 504 g/mol. The van der Waals surface area contributed by atoms with Crippen molar-refractivity contribution in [1.29, 1.82) is 0 Å². The van der Waals surface area contributed by atoms with Crippen molar-refractivity contribution in [3.05, 3.63) is 58.1 Å². The number of nitrogens with one attached hydrogen (secondary N) is 1. The third-order valence-corrected chi connectivity index (χ3v) is 7.24. The van der Waals surface area contributed by atoms with Crippen molar-refractivity contribution in [2.75, 3.05) is 12.9 Å². The molecule has 0 saturated heterocycles. The van der Waals surface area contributed by atoms with Gasteiger partial charge in [-0.25, -0.2) is 0 Å². The minimum atomic E-state index is -0.347. The number of halogens is 1. The summed E-state index contributed by atoms with van der Waals surface area (Å²) < 4.78 is 12.6. The number of para-hydroxylation sites is 1. The fraction of sp³-hybridized carbons (Fsp3) is 0.391. The van der Waals surface area contributed by atoms with Gasteiger partial charge in [-0.3, -0.25) is 9.79 Å². The molecule has 2 heterocycles. The maximum Gasteiger partial charge on any atom is 0.255 e. The summed E-state index contributed by atoms with van der Waals surface area (Å²) in [6.45, 7) is 2.01. The summed E-state index contributed by atoms with van der Waals surface area (Å²) in [5, 5.41) is 3.70. The van der Waals surface area contributed by atoms with E-state index in [9.17, 15) is 4.79 Å². The van der Waals surface area contributed by atoms with Crippen LogP contribution in [0.5, 0.6) is 11.5 Å². The summed E-state index contributed by atoms with van der Waals surface area (Å²) in [6.07, 6.45) is 2.39. The minimum Gasteiger partial charge on any atom is -0.496 e. The van der Waals surface area contributed by atoms with Crippen molar-refractivity contribution >= 4 is 38.8 Å². The fourth-order valence-corrected chi connectivity index (χ4v) is 5.52. The number of benzene rings is 2. The highest BCUT2D eigenvalue weighted by atomic mass is 79.9. The van der Waals surface area contributed by atoms with Gasteiger partial charge in [-0.05, 0) is 50.1 Å². The molecule has 3 N–H and O–H groups in total. The highest BCUT2D eigenvalue weighted by Gasteiger charge is 2.45. The normalized spacial score (nSPS) is 22.9. The number of methoxy groups -OCH3 is 1. The Bertz CT molecular complexity index is 1020. The van der Waals surface area contributed by atoms with E-state index in [2.05, 4.69) is 27.3 Å². The Morgan fingerprint density at radius 2 is 2.23 bits per heavy atom. The molecule has 4 rings (SSSR count). The predicted molar refractivity (Wildman–Crippen MR) is 128 cm³/mol. The number of amides is 1. The van der Waals surface area contributed by atoms with Gasteiger partial charge >= 0.3 is 0 Å². The Morgan fingerprint density at radius 1 is 1.42 bits per heavy atom. The van der Waals surface area contributed by atoms with Crippen molar-refractivity contribution in [2.24, 2.45) is 10.7 Å². The largest absolute Gasteiger partial charge is 0.496 e. The monoisotopic (exact) mass is 503 g/mol. The number of nitrogens with two attached hydrogens (primary N) is 1. The number of hydrogen-bond donors (Lipinski definition) is 2. The Labute approximate surface area is 195 Å². The Hall–Kier alpha value is -2.19. The molecule has 164 valence electrons. The van der Waals surface area contributed by atoms with Crippen LogP contribution in [-0.4, -0.2) is 36.1 Å². The van der Waals surface area contributed by atoms with Gasteiger partial charge in [0.05, 0.1) is 12.7 Å². The molecule has 0 radical (unpaired) electrons. The molecular weight excluding hydrogens is 478 g/mol. The summed E-state index contributed by atoms with van der Waals surface area (Å²) in [5.41, 5.74) is 7.32. The molecule has 2 aromatic carbocycles. The summed E-state index contributed by atoms with van der Waals surface area (Å²) in [5.74, 6) is 2.12. The summed E-state index contributed by atoms with van der Waals surface area (Å²) in [6, 6.07) is 13.3. The number of rotatable bonds is 6. The van der Waals surface area contributed by atoms with E-state index in [4.69, 9.17) is 20.2 Å². The van der Waals surface area contributed by atoms with Crippen molar-refractivity contribution in [3.63, 3.8) is 0 Å². The number of amidine groups is 1. The molecule has 6 nitrogen and oxygen atoms in total. The van der Waals surface area contributed by atoms with Crippen molar-refractivity contribution < 1.29 is 14.3 Å². The lowest BCUT2D eigenvalue weighted by Crippen LogP contribution is -2.39. The molecule has 0 aliphatic carbocycles. The summed E-state index contributed by atoms with van der Waals surface area (Å²) >= 11 is 5.16. The maximum absolute atomic E-state index is 12.7. The maximum atomic E-state index is 12.7. The highest BCUT2D eigenvalue weighted by molar-refractivity contribution is 9.10. The molecule has 8 heteroatoms. The molecular formula is C23H26BrN3O3S. The number of carbonyl (C=O) groups excluding carboxylic acids is 1. The zero-order valence-corrected chi connectivity index (χ0v) is 20.0. The molecule has 1 amide bonds. The van der Waals surface area contributed by atoms with Gasteiger partial charge in [-0.15, -0.1) is 0 Å². The molecule has 0 saturated carbocycles. The molecule has 2 unspecified atom stereocenters. The van der Waals surface area contributed by atoms with Crippen LogP contribution >= 0.6 is 27.7 Å². The van der Waals surface area contributed by atoms with Crippen molar-refractivity contribution in [2.45, 2.75) is 43.9 Å². The second kappa shape index (κ2) is 9.12. The first-order chi connectivity index (χ1) is 14.9. The quantitative estimate of drug-likeness (QED) is 0.607. The topological polar surface area (TPSA) is 85.9 Å². The van der Waals surface area contributed by atoms with Gasteiger partial charge in [0.1, 0.15) is 23.1 Å². The van der Waals surface area contributed by atoms with Crippen LogP contribution in [0.25, 0.3) is 0 Å². The van der Waals surface area contributed by atoms with Crippen LogP contribution in [0.1, 0.15) is 42.1 Å². The number of fused-ring (bicyclic) bond motifs is 2. The van der Waals surface area contributed by atoms with E-state index in [-0.39, 0.29) is 23.6 Å². The van der Waals surface area contributed by atoms with Gasteiger partial charge in [0.2, 0.25) is 0 Å². The number of ether oxygens (including phenoxy) is 2. The Morgan fingerprint density at radius 3 is 2.97 bits per heavy atom. The van der Waals surface area contributed by atoms with Crippen LogP contribution in [0.2, 0.25) is 0 Å². The number of carbonyl (C=O) groups is 1. The van der Waals surface area contributed by atoms with Gasteiger partial charge in [0.15, 0.2) is 5.17 Å². The fourth-order valence-electron chi connectivity index (χ4n) is 4.19. The lowest BCUT2D eigenvalue weighted by molar-refractivity contribution is 0.0919. The van der Waals surface area contributed by atoms with Crippen LogP contribution < -0.4 is 20.5 Å². The van der Waals surface area contributed by atoms with E-state index in [0.717, 1.165) is 40.8 Å². The standard InChI is InChI=1S/C23H26BrN3O3S/c1-14(26-21(28)17-5-3-4-6-19(17)29-2)7-9-16-12-23(13-31-22(25)27-23)18-11-15(24)8-10-20(18)30-16/h3-6,8,10-11,14,16H,7,9,12-13H2,1-2H3,(H2,25,27)(H,26,28)/t14?,16-,23?/m0/s1. The second-order valence-corrected chi connectivity index (χ2v) is 9.92. The molecule has 31 heavy (non-hydrogen) atoms. The number of hydrogen-bond acceptors (Lipinski definition) is 6. The summed E-state index contributed by atoms with van der Waals surface area (Å²) in [4.78, 5) is 17.5. The smallest absolute Gasteiger partial charge is 0.255 e. The van der Waals surface area contributed by atoms with E-state index in [1.165, 1.54) is 0 Å². The molecule has 0 bridgehead atoms. The van der Waals surface area contributed by atoms with Gasteiger partial charge in [0, 0.05) is 28.3 Å². The van der Waals surface area contributed by atoms with E-state index in [1.807, 2.05) is 31.2 Å². The Balaban J connectivity index is 1.42. The van der Waals surface area contributed by atoms with E-state index < -0.39 is 0 Å². The average Bonchev–Trinajstić information content (AvgIpc) is 3.13. The van der Waals surface area contributed by atoms with E-state index in [1.54, 1.807) is 31.0 Å². The first-order valence-corrected chi connectivity index (χ1v) is 12.1. The molecule has 0 aromatic heterocycles. The molecule has 1 spiro atoms. The minimum absolute atomic E-state index is 0.00481. The van der Waals surface area contributed by atoms with Gasteiger partial charge in [-0.1, -0.05) is 39.8 Å². The van der Waals surface area contributed by atoms with Gasteiger partial charge in [-0.2, -0.15) is 0 Å². The molecule has 0 fully saturated rings. The van der Waals surface area contributed by atoms with Crippen molar-refractivity contribution in [3.8, 4) is 11.5 Å². The Kier molecular flexibility index (Phi) is 6.48. The molecule has 3 atom stereocenters. The third-order valence-electron chi connectivity index (χ3n) is 5.74. The lowest BCUT2D eigenvalue weighted by Gasteiger charge is -2.38. The zero-order valence-electron chi connectivity index (χ0n) is 17.6. The van der Waals surface area contributed by atoms with Crippen LogP contribution in [0.3, 0.4) is 0 Å². The second-order valence-electron chi connectivity index (χ2n) is 8.01. The van der Waals surface area contributed by atoms with Crippen LogP contribution in [0.15, 0.2) is 51.9 Å². The summed E-state index contributed by atoms with van der Waals surface area (Å²) in [7, 11) is 1.57. The van der Waals surface area contributed by atoms with E-state index >= 15 is 0 Å². The molecule has 2 aliphatic rings. The predicted octanol–water partition coefficient (Wildman–Crippen LogP) is 4.46. The zero-order chi connectivity index (χ0) is 22.0. The van der Waals surface area contributed by atoms with E-state index in [0.29, 0.717) is 16.5 Å². The van der Waals surface area contributed by atoms with Crippen LogP contribution in [0, 0.1) is 0 Å². The lowest BCUT2D eigenvalue weighted by atomic mass is 9.82. The van der Waals surface area contributed by atoms with Crippen LogP contribution in [-0.2, 0) is 5.54 Å². The highest BCUT2D eigenvalue weighted by Crippen LogP contribution is 2.48. The number of aliphatic imine (C=N–C) groups is 1. The van der Waals surface area contributed by atoms with Crippen molar-refractivity contribution in [1.82, 2.24) is 5.32 Å².